The highest BCUT2D eigenvalue weighted by Crippen LogP contribution is 2.23. The average Bonchev–Trinajstić information content (AvgIpc) is 3.15. The van der Waals surface area contributed by atoms with Gasteiger partial charge in [-0.2, -0.15) is 0 Å². The number of ether oxygens (including phenoxy) is 1. The van der Waals surface area contributed by atoms with Crippen LogP contribution in [0.3, 0.4) is 0 Å². The highest BCUT2D eigenvalue weighted by molar-refractivity contribution is 5.89. The summed E-state index contributed by atoms with van der Waals surface area (Å²) >= 11 is 0. The average molecular weight is 420 g/mol. The van der Waals surface area contributed by atoms with Crippen molar-refractivity contribution >= 4 is 11.7 Å². The molecular weight excluding hydrogens is 391 g/mol. The Labute approximate surface area is 175 Å². The maximum atomic E-state index is 13.7. The number of benzene rings is 1. The molecule has 0 saturated carbocycles. The molecule has 3 atom stereocenters. The molecule has 0 bridgehead atoms. The van der Waals surface area contributed by atoms with E-state index < -0.39 is 18.0 Å². The van der Waals surface area contributed by atoms with Gasteiger partial charge in [0.15, 0.2) is 0 Å². The summed E-state index contributed by atoms with van der Waals surface area (Å²) in [5.74, 6) is -0.506. The minimum absolute atomic E-state index is 0.0451. The van der Waals surface area contributed by atoms with E-state index in [1.54, 1.807) is 16.8 Å². The monoisotopic (exact) mass is 420 g/mol. The number of anilines is 1. The Morgan fingerprint density at radius 2 is 2.17 bits per heavy atom. The van der Waals surface area contributed by atoms with E-state index in [2.05, 4.69) is 20.9 Å². The summed E-state index contributed by atoms with van der Waals surface area (Å²) in [5, 5.41) is 23.3. The molecular formula is C20H29FN6O3. The first-order valence-corrected chi connectivity index (χ1v) is 10.1. The van der Waals surface area contributed by atoms with E-state index in [0.29, 0.717) is 13.0 Å². The van der Waals surface area contributed by atoms with Gasteiger partial charge in [-0.3, -0.25) is 4.68 Å². The number of halogens is 1. The van der Waals surface area contributed by atoms with Crippen LogP contribution in [0.4, 0.5) is 14.9 Å². The quantitative estimate of drug-likeness (QED) is 0.599. The minimum Gasteiger partial charge on any atom is -0.394 e. The fraction of sp³-hybridized carbons (Fsp3) is 0.550. The zero-order chi connectivity index (χ0) is 21.5. The van der Waals surface area contributed by atoms with Crippen LogP contribution in [0.2, 0.25) is 0 Å². The summed E-state index contributed by atoms with van der Waals surface area (Å²) in [6.07, 6.45) is 3.48. The van der Waals surface area contributed by atoms with Crippen molar-refractivity contribution in [2.45, 2.75) is 50.6 Å². The lowest BCUT2D eigenvalue weighted by atomic mass is 9.97. The van der Waals surface area contributed by atoms with Gasteiger partial charge >= 0.3 is 6.03 Å². The molecule has 1 fully saturated rings. The van der Waals surface area contributed by atoms with Crippen molar-refractivity contribution in [1.82, 2.24) is 25.2 Å². The lowest BCUT2D eigenvalue weighted by Crippen LogP contribution is -2.52. The number of urea groups is 1. The number of carbonyl (C=O) groups excluding carboxylic acids is 1. The summed E-state index contributed by atoms with van der Waals surface area (Å²) in [7, 11) is 3.95. The summed E-state index contributed by atoms with van der Waals surface area (Å²) in [6.45, 7) is 1.18. The zero-order valence-electron chi connectivity index (χ0n) is 17.3. The van der Waals surface area contributed by atoms with Crippen LogP contribution < -0.4 is 10.6 Å². The first-order valence-electron chi connectivity index (χ1n) is 10.1. The van der Waals surface area contributed by atoms with Gasteiger partial charge in [0.05, 0.1) is 30.1 Å². The highest BCUT2D eigenvalue weighted by Gasteiger charge is 2.32. The fourth-order valence-electron chi connectivity index (χ4n) is 3.52. The normalized spacial score (nSPS) is 21.6. The molecule has 1 aliphatic heterocycles. The summed E-state index contributed by atoms with van der Waals surface area (Å²) in [5.41, 5.74) is 1.01. The van der Waals surface area contributed by atoms with Gasteiger partial charge in [-0.25, -0.2) is 9.18 Å². The molecule has 1 aromatic heterocycles. The third-order valence-corrected chi connectivity index (χ3v) is 4.98. The molecule has 2 heterocycles. The predicted octanol–water partition coefficient (Wildman–Crippen LogP) is 1.60. The lowest BCUT2D eigenvalue weighted by Gasteiger charge is -2.36. The number of aliphatic hydroxyl groups is 1. The Hall–Kier alpha value is -2.56. The maximum absolute atomic E-state index is 13.7. The molecule has 3 N–H and O–H groups in total. The van der Waals surface area contributed by atoms with Crippen LogP contribution in [0.5, 0.6) is 0 Å². The van der Waals surface area contributed by atoms with Crippen molar-refractivity contribution in [1.29, 1.82) is 0 Å². The lowest BCUT2D eigenvalue weighted by molar-refractivity contribution is -0.0905. The largest absolute Gasteiger partial charge is 0.394 e. The van der Waals surface area contributed by atoms with Crippen LogP contribution in [0.1, 0.15) is 25.0 Å². The SMILES string of the molecule is CN(C)Cc1cn(CC[C@@H]2CC[C@@H](NC(=O)Nc3ccccc3F)[C@@H](CO)O2)nn1. The van der Waals surface area contributed by atoms with E-state index in [1.807, 2.05) is 25.2 Å². The van der Waals surface area contributed by atoms with Gasteiger partial charge in [0, 0.05) is 19.3 Å². The smallest absolute Gasteiger partial charge is 0.319 e. The first kappa shape index (κ1) is 22.1. The van der Waals surface area contributed by atoms with E-state index in [9.17, 15) is 14.3 Å². The van der Waals surface area contributed by atoms with Gasteiger partial charge < -0.3 is 25.4 Å². The molecule has 0 radical (unpaired) electrons. The van der Waals surface area contributed by atoms with Gasteiger partial charge in [-0.1, -0.05) is 17.3 Å². The van der Waals surface area contributed by atoms with Gasteiger partial charge in [-0.05, 0) is 45.5 Å². The molecule has 0 spiro atoms. The number of nitrogens with zero attached hydrogens (tertiary/aromatic N) is 4. The van der Waals surface area contributed by atoms with E-state index in [0.717, 1.165) is 25.1 Å². The van der Waals surface area contributed by atoms with Gasteiger partial charge in [0.2, 0.25) is 0 Å². The van der Waals surface area contributed by atoms with Crippen molar-refractivity contribution in [3.8, 4) is 0 Å². The van der Waals surface area contributed by atoms with E-state index in [-0.39, 0.29) is 24.4 Å². The second kappa shape index (κ2) is 10.5. The van der Waals surface area contributed by atoms with Gasteiger partial charge in [0.1, 0.15) is 11.9 Å². The molecule has 30 heavy (non-hydrogen) atoms. The first-order chi connectivity index (χ1) is 14.4. The third-order valence-electron chi connectivity index (χ3n) is 4.98. The Kier molecular flexibility index (Phi) is 7.72. The van der Waals surface area contributed by atoms with Crippen LogP contribution >= 0.6 is 0 Å². The number of aromatic nitrogens is 3. The Morgan fingerprint density at radius 1 is 1.37 bits per heavy atom. The van der Waals surface area contributed by atoms with Crippen molar-refractivity contribution in [2.24, 2.45) is 0 Å². The van der Waals surface area contributed by atoms with Crippen LogP contribution in [-0.4, -0.2) is 70.0 Å². The molecule has 2 amide bonds. The predicted molar refractivity (Wildman–Crippen MR) is 109 cm³/mol. The standard InChI is InChI=1S/C20H29FN6O3/c1-26(2)11-14-12-27(25-24-14)10-9-15-7-8-18(19(13-28)30-15)23-20(29)22-17-6-4-3-5-16(17)21/h3-6,12,15,18-19,28H,7-11,13H2,1-2H3,(H2,22,23,29)/t15-,18+,19+/m0/s1. The maximum Gasteiger partial charge on any atom is 0.319 e. The van der Waals surface area contributed by atoms with Crippen molar-refractivity contribution in [3.05, 3.63) is 42.0 Å². The van der Waals surface area contributed by atoms with Gasteiger partial charge in [0.25, 0.3) is 0 Å². The minimum atomic E-state index is -0.526. The summed E-state index contributed by atoms with van der Waals surface area (Å²) < 4.78 is 21.5. The van der Waals surface area contributed by atoms with Crippen LogP contribution in [0.15, 0.2) is 30.5 Å². The van der Waals surface area contributed by atoms with E-state index >= 15 is 0 Å². The second-order valence-corrected chi connectivity index (χ2v) is 7.74. The molecule has 1 aliphatic rings. The van der Waals surface area contributed by atoms with Gasteiger partial charge in [-0.15, -0.1) is 5.10 Å². The van der Waals surface area contributed by atoms with E-state index in [4.69, 9.17) is 4.74 Å². The Morgan fingerprint density at radius 3 is 2.90 bits per heavy atom. The molecule has 9 nitrogen and oxygen atoms in total. The third kappa shape index (κ3) is 6.22. The van der Waals surface area contributed by atoms with Crippen LogP contribution in [-0.2, 0) is 17.8 Å². The number of aliphatic hydroxyl groups excluding tert-OH is 1. The van der Waals surface area contributed by atoms with E-state index in [1.165, 1.54) is 12.1 Å². The number of rotatable bonds is 8. The van der Waals surface area contributed by atoms with Crippen molar-refractivity contribution in [2.75, 3.05) is 26.0 Å². The summed E-state index contributed by atoms with van der Waals surface area (Å²) in [6, 6.07) is 5.08. The zero-order valence-corrected chi connectivity index (χ0v) is 17.3. The molecule has 10 heteroatoms. The molecule has 164 valence electrons. The number of hydrogen-bond donors (Lipinski definition) is 3. The fourth-order valence-corrected chi connectivity index (χ4v) is 3.52. The highest BCUT2D eigenvalue weighted by atomic mass is 19.1. The van der Waals surface area contributed by atoms with Crippen LogP contribution in [0, 0.1) is 5.82 Å². The number of para-hydroxylation sites is 1. The second-order valence-electron chi connectivity index (χ2n) is 7.74. The number of amides is 2. The van der Waals surface area contributed by atoms with Crippen LogP contribution in [0.25, 0.3) is 0 Å². The molecule has 2 aromatic rings. The topological polar surface area (TPSA) is 105 Å². The molecule has 1 aromatic carbocycles. The van der Waals surface area contributed by atoms with Crippen molar-refractivity contribution in [3.63, 3.8) is 0 Å². The number of nitrogens with one attached hydrogen (secondary N) is 2. The number of carbonyl (C=O) groups is 1. The Balaban J connectivity index is 1.46. The molecule has 1 saturated heterocycles. The van der Waals surface area contributed by atoms with Crippen molar-refractivity contribution < 1.29 is 19.0 Å². The Bertz CT molecular complexity index is 830. The number of aryl methyl sites for hydroxylation is 1. The number of hydrogen-bond acceptors (Lipinski definition) is 6. The molecule has 0 unspecified atom stereocenters. The molecule has 0 aliphatic carbocycles. The summed E-state index contributed by atoms with van der Waals surface area (Å²) in [4.78, 5) is 14.2. The molecule has 3 rings (SSSR count).